The molecule has 0 amide bonds. The lowest BCUT2D eigenvalue weighted by Gasteiger charge is -2.25. The van der Waals surface area contributed by atoms with Crippen molar-refractivity contribution in [3.8, 4) is 5.75 Å². The van der Waals surface area contributed by atoms with Crippen LogP contribution in [0.25, 0.3) is 0 Å². The molecular weight excluding hydrogens is 296 g/mol. The lowest BCUT2D eigenvalue weighted by atomic mass is 10.2. The number of hydrogen-bond acceptors (Lipinski definition) is 6. The van der Waals surface area contributed by atoms with Gasteiger partial charge in [0.25, 0.3) is 5.69 Å². The lowest BCUT2D eigenvalue weighted by Crippen LogP contribution is -2.29. The molecule has 0 aromatic heterocycles. The summed E-state index contributed by atoms with van der Waals surface area (Å²) in [6.07, 6.45) is -0.461. The summed E-state index contributed by atoms with van der Waals surface area (Å²) in [4.78, 5) is 33.2. The van der Waals surface area contributed by atoms with Crippen LogP contribution in [0.3, 0.4) is 0 Å². The summed E-state index contributed by atoms with van der Waals surface area (Å²) in [5, 5.41) is 28.4. The van der Waals surface area contributed by atoms with Crippen LogP contribution >= 0.6 is 0 Å². The van der Waals surface area contributed by atoms with Crippen molar-refractivity contribution >= 4 is 23.3 Å². The number of nitrogens with zero attached hydrogens (tertiary/aromatic N) is 2. The van der Waals surface area contributed by atoms with Crippen molar-refractivity contribution in [3.05, 3.63) is 28.3 Å². The van der Waals surface area contributed by atoms with E-state index >= 15 is 0 Å². The van der Waals surface area contributed by atoms with E-state index < -0.39 is 16.9 Å². The fraction of sp³-hybridized carbons (Fsp3) is 0.385. The van der Waals surface area contributed by atoms with E-state index in [1.165, 1.54) is 30.2 Å². The molecule has 0 saturated carbocycles. The van der Waals surface area contributed by atoms with Crippen molar-refractivity contribution < 1.29 is 29.5 Å². The number of benzene rings is 1. The fourth-order valence-electron chi connectivity index (χ4n) is 1.85. The van der Waals surface area contributed by atoms with Crippen molar-refractivity contribution in [3.63, 3.8) is 0 Å². The molecule has 0 spiro atoms. The molecule has 22 heavy (non-hydrogen) atoms. The SMILES string of the molecule is COc1ccc([N+](=O)[O-])cc1N(CCC(=O)O)CCC(=O)O. The Bertz CT molecular complexity index is 556. The Morgan fingerprint density at radius 1 is 1.23 bits per heavy atom. The van der Waals surface area contributed by atoms with Crippen LogP contribution in [-0.4, -0.2) is 47.3 Å². The molecule has 0 fully saturated rings. The van der Waals surface area contributed by atoms with Crippen LogP contribution in [-0.2, 0) is 9.59 Å². The Hall–Kier alpha value is -2.84. The topological polar surface area (TPSA) is 130 Å². The predicted octanol–water partition coefficient (Wildman–Crippen LogP) is 1.36. The van der Waals surface area contributed by atoms with Crippen molar-refractivity contribution in [1.82, 2.24) is 0 Å². The minimum atomic E-state index is -1.05. The van der Waals surface area contributed by atoms with Crippen molar-refractivity contribution in [2.75, 3.05) is 25.1 Å². The van der Waals surface area contributed by atoms with E-state index in [0.717, 1.165) is 0 Å². The zero-order valence-electron chi connectivity index (χ0n) is 11.9. The quantitative estimate of drug-likeness (QED) is 0.516. The molecule has 0 saturated heterocycles. The van der Waals surface area contributed by atoms with Gasteiger partial charge in [-0.1, -0.05) is 0 Å². The summed E-state index contributed by atoms with van der Waals surface area (Å²) in [7, 11) is 1.37. The van der Waals surface area contributed by atoms with Gasteiger partial charge in [0.2, 0.25) is 0 Å². The average Bonchev–Trinajstić information content (AvgIpc) is 2.46. The third-order valence-corrected chi connectivity index (χ3v) is 2.91. The first-order valence-corrected chi connectivity index (χ1v) is 6.36. The molecular formula is C13H16N2O7. The van der Waals surface area contributed by atoms with Gasteiger partial charge in [-0.05, 0) is 6.07 Å². The van der Waals surface area contributed by atoms with Gasteiger partial charge >= 0.3 is 11.9 Å². The number of carbonyl (C=O) groups is 2. The number of nitro benzene ring substituents is 1. The Morgan fingerprint density at radius 3 is 2.18 bits per heavy atom. The molecule has 0 radical (unpaired) electrons. The third kappa shape index (κ3) is 4.93. The fourth-order valence-corrected chi connectivity index (χ4v) is 1.85. The molecule has 0 aliphatic rings. The molecule has 0 aliphatic carbocycles. The first-order chi connectivity index (χ1) is 10.3. The van der Waals surface area contributed by atoms with Crippen LogP contribution in [0.15, 0.2) is 18.2 Å². The molecule has 0 atom stereocenters. The van der Waals surface area contributed by atoms with E-state index in [-0.39, 0.29) is 31.6 Å². The molecule has 9 nitrogen and oxygen atoms in total. The van der Waals surface area contributed by atoms with E-state index in [9.17, 15) is 19.7 Å². The predicted molar refractivity (Wildman–Crippen MR) is 76.4 cm³/mol. The highest BCUT2D eigenvalue weighted by molar-refractivity contribution is 5.71. The molecule has 120 valence electrons. The third-order valence-electron chi connectivity index (χ3n) is 2.91. The maximum atomic E-state index is 10.9. The summed E-state index contributed by atoms with van der Waals surface area (Å²) in [6, 6.07) is 3.89. The first-order valence-electron chi connectivity index (χ1n) is 6.36. The lowest BCUT2D eigenvalue weighted by molar-refractivity contribution is -0.384. The number of hydrogen-bond donors (Lipinski definition) is 2. The van der Waals surface area contributed by atoms with Crippen LogP contribution in [0.5, 0.6) is 5.75 Å². The van der Waals surface area contributed by atoms with Gasteiger partial charge in [-0.2, -0.15) is 0 Å². The number of anilines is 1. The summed E-state index contributed by atoms with van der Waals surface area (Å²) in [6.45, 7) is 0.0281. The minimum Gasteiger partial charge on any atom is -0.495 e. The number of carboxylic acids is 2. The van der Waals surface area contributed by atoms with E-state index in [0.29, 0.717) is 11.4 Å². The van der Waals surface area contributed by atoms with Gasteiger partial charge in [0.15, 0.2) is 0 Å². The normalized spacial score (nSPS) is 10.0. The Balaban J connectivity index is 3.13. The van der Waals surface area contributed by atoms with Crippen LogP contribution in [0.2, 0.25) is 0 Å². The van der Waals surface area contributed by atoms with E-state index in [2.05, 4.69) is 0 Å². The Kier molecular flexibility index (Phi) is 6.11. The summed E-state index contributed by atoms with van der Waals surface area (Å²) in [5.41, 5.74) is 0.102. The maximum Gasteiger partial charge on any atom is 0.305 e. The monoisotopic (exact) mass is 312 g/mol. The van der Waals surface area contributed by atoms with Crippen LogP contribution in [0.4, 0.5) is 11.4 Å². The second kappa shape index (κ2) is 7.81. The van der Waals surface area contributed by atoms with Gasteiger partial charge in [-0.15, -0.1) is 0 Å². The first kappa shape index (κ1) is 17.2. The van der Waals surface area contributed by atoms with Gasteiger partial charge in [-0.3, -0.25) is 19.7 Å². The summed E-state index contributed by atoms with van der Waals surface area (Å²) >= 11 is 0. The zero-order valence-corrected chi connectivity index (χ0v) is 11.9. The number of methoxy groups -OCH3 is 1. The molecule has 1 rings (SSSR count). The van der Waals surface area contributed by atoms with Crippen LogP contribution in [0, 0.1) is 10.1 Å². The van der Waals surface area contributed by atoms with Crippen molar-refractivity contribution in [1.29, 1.82) is 0 Å². The number of non-ortho nitro benzene ring substituents is 1. The molecule has 0 unspecified atom stereocenters. The van der Waals surface area contributed by atoms with Gasteiger partial charge in [-0.25, -0.2) is 0 Å². The molecule has 0 bridgehead atoms. The smallest absolute Gasteiger partial charge is 0.305 e. The molecule has 1 aromatic carbocycles. The molecule has 9 heteroatoms. The average molecular weight is 312 g/mol. The highest BCUT2D eigenvalue weighted by Gasteiger charge is 2.18. The maximum absolute atomic E-state index is 10.9. The number of carboxylic acid groups (broad SMARTS) is 2. The number of rotatable bonds is 9. The molecule has 0 aliphatic heterocycles. The van der Waals surface area contributed by atoms with Crippen LogP contribution < -0.4 is 9.64 Å². The zero-order chi connectivity index (χ0) is 16.7. The van der Waals surface area contributed by atoms with E-state index in [1.807, 2.05) is 0 Å². The molecule has 1 aromatic rings. The largest absolute Gasteiger partial charge is 0.495 e. The number of ether oxygens (including phenoxy) is 1. The van der Waals surface area contributed by atoms with Gasteiger partial charge < -0.3 is 19.8 Å². The van der Waals surface area contributed by atoms with E-state index in [1.54, 1.807) is 0 Å². The minimum absolute atomic E-state index is 0.0140. The number of nitro groups is 1. The van der Waals surface area contributed by atoms with Gasteiger partial charge in [0.05, 0.1) is 30.6 Å². The second-order valence-corrected chi connectivity index (χ2v) is 4.39. The second-order valence-electron chi connectivity index (χ2n) is 4.39. The van der Waals surface area contributed by atoms with Gasteiger partial charge in [0, 0.05) is 25.2 Å². The number of aliphatic carboxylic acids is 2. The Morgan fingerprint density at radius 2 is 1.77 bits per heavy atom. The van der Waals surface area contributed by atoms with Crippen LogP contribution in [0.1, 0.15) is 12.8 Å². The highest BCUT2D eigenvalue weighted by atomic mass is 16.6. The van der Waals surface area contributed by atoms with Crippen molar-refractivity contribution in [2.45, 2.75) is 12.8 Å². The van der Waals surface area contributed by atoms with E-state index in [4.69, 9.17) is 14.9 Å². The summed E-state index contributed by atoms with van der Waals surface area (Å²) < 4.78 is 5.12. The molecule has 0 heterocycles. The standard InChI is InChI=1S/C13H16N2O7/c1-22-11-3-2-9(15(20)21)8-10(11)14(6-4-12(16)17)7-5-13(18)19/h2-3,8H,4-7H2,1H3,(H,16,17)(H,18,19). The highest BCUT2D eigenvalue weighted by Crippen LogP contribution is 2.32. The molecule has 2 N–H and O–H groups in total. The van der Waals surface area contributed by atoms with Crippen molar-refractivity contribution in [2.24, 2.45) is 0 Å². The Labute approximate surface area is 125 Å². The summed E-state index contributed by atoms with van der Waals surface area (Å²) in [5.74, 6) is -1.80. The van der Waals surface area contributed by atoms with Gasteiger partial charge in [0.1, 0.15) is 5.75 Å².